The van der Waals surface area contributed by atoms with Gasteiger partial charge in [0, 0.05) is 5.69 Å². The van der Waals surface area contributed by atoms with E-state index in [0.717, 1.165) is 12.8 Å². The Morgan fingerprint density at radius 3 is 2.35 bits per heavy atom. The fourth-order valence-electron chi connectivity index (χ4n) is 3.25. The number of amides is 2. The van der Waals surface area contributed by atoms with Crippen LogP contribution in [0.4, 0.5) is 10.7 Å². The molecule has 1 aliphatic rings. The number of anilines is 2. The van der Waals surface area contributed by atoms with E-state index in [4.69, 9.17) is 0 Å². The van der Waals surface area contributed by atoms with Gasteiger partial charge in [0.05, 0.1) is 17.4 Å². The van der Waals surface area contributed by atoms with Gasteiger partial charge in [0.25, 0.3) is 5.91 Å². The number of thiophene rings is 1. The first kappa shape index (κ1) is 18.1. The number of rotatable bonds is 5. The molecule has 0 radical (unpaired) electrons. The van der Waals surface area contributed by atoms with Crippen molar-refractivity contribution in [2.75, 3.05) is 10.6 Å². The summed E-state index contributed by atoms with van der Waals surface area (Å²) in [7, 11) is 0. The third-order valence-corrected chi connectivity index (χ3v) is 5.43. The summed E-state index contributed by atoms with van der Waals surface area (Å²) in [6.07, 6.45) is 2.73. The van der Waals surface area contributed by atoms with Crippen LogP contribution in [-0.4, -0.2) is 22.9 Å². The van der Waals surface area contributed by atoms with Gasteiger partial charge in [-0.25, -0.2) is 0 Å². The molecule has 1 heterocycles. The van der Waals surface area contributed by atoms with Crippen LogP contribution in [0.2, 0.25) is 0 Å². The summed E-state index contributed by atoms with van der Waals surface area (Å²) in [6.45, 7) is 0. The van der Waals surface area contributed by atoms with E-state index in [2.05, 4.69) is 10.6 Å². The van der Waals surface area contributed by atoms with Gasteiger partial charge in [0.15, 0.2) is 0 Å². The first-order chi connectivity index (χ1) is 12.6. The van der Waals surface area contributed by atoms with Crippen LogP contribution in [0.3, 0.4) is 0 Å². The zero-order valence-corrected chi connectivity index (χ0v) is 14.9. The number of carbonyl (C=O) groups excluding carboxylic acids is 2. The van der Waals surface area contributed by atoms with Crippen LogP contribution in [0, 0.1) is 11.8 Å². The average molecular weight is 372 g/mol. The molecule has 1 saturated carbocycles. The number of nitrogens with one attached hydrogen (secondary N) is 2. The second-order valence-corrected chi connectivity index (χ2v) is 7.22. The molecule has 1 fully saturated rings. The fraction of sp³-hybridized carbons (Fsp3) is 0.316. The van der Waals surface area contributed by atoms with E-state index in [0.29, 0.717) is 29.1 Å². The number of carboxylic acids is 1. The van der Waals surface area contributed by atoms with Gasteiger partial charge < -0.3 is 15.7 Å². The second kappa shape index (κ2) is 8.14. The van der Waals surface area contributed by atoms with E-state index in [-0.39, 0.29) is 11.8 Å². The molecule has 6 nitrogen and oxygen atoms in total. The number of hydrogen-bond donors (Lipinski definition) is 3. The largest absolute Gasteiger partial charge is 0.481 e. The van der Waals surface area contributed by atoms with Crippen LogP contribution >= 0.6 is 11.3 Å². The summed E-state index contributed by atoms with van der Waals surface area (Å²) in [5.41, 5.74) is 1.04. The minimum Gasteiger partial charge on any atom is -0.481 e. The topological polar surface area (TPSA) is 95.5 Å². The van der Waals surface area contributed by atoms with Crippen LogP contribution in [0.5, 0.6) is 0 Å². The van der Waals surface area contributed by atoms with E-state index in [1.165, 1.54) is 11.3 Å². The normalized spacial score (nSPS) is 19.5. The molecule has 0 saturated heterocycles. The summed E-state index contributed by atoms with van der Waals surface area (Å²) in [6, 6.07) is 10.7. The lowest BCUT2D eigenvalue weighted by atomic mass is 9.79. The minimum absolute atomic E-state index is 0.314. The van der Waals surface area contributed by atoms with Crippen LogP contribution < -0.4 is 10.6 Å². The quantitative estimate of drug-likeness (QED) is 0.743. The zero-order chi connectivity index (χ0) is 18.5. The molecule has 3 N–H and O–H groups in total. The third-order valence-electron chi connectivity index (χ3n) is 4.60. The molecule has 1 aromatic heterocycles. The predicted octanol–water partition coefficient (Wildman–Crippen LogP) is 3.83. The van der Waals surface area contributed by atoms with Crippen molar-refractivity contribution in [3.05, 3.63) is 47.3 Å². The first-order valence-electron chi connectivity index (χ1n) is 8.54. The van der Waals surface area contributed by atoms with Crippen LogP contribution in [0.15, 0.2) is 41.8 Å². The number of carboxylic acid groups (broad SMARTS) is 1. The molecular weight excluding hydrogens is 352 g/mol. The molecule has 7 heteroatoms. The fourth-order valence-corrected chi connectivity index (χ4v) is 4.04. The first-order valence-corrected chi connectivity index (χ1v) is 9.42. The van der Waals surface area contributed by atoms with E-state index in [1.54, 1.807) is 23.6 Å². The molecule has 3 rings (SSSR count). The average Bonchev–Trinajstić information content (AvgIpc) is 3.10. The van der Waals surface area contributed by atoms with E-state index < -0.39 is 17.8 Å². The third kappa shape index (κ3) is 4.11. The van der Waals surface area contributed by atoms with E-state index >= 15 is 0 Å². The molecule has 1 aliphatic carbocycles. The number of para-hydroxylation sites is 1. The van der Waals surface area contributed by atoms with Crippen molar-refractivity contribution < 1.29 is 19.5 Å². The Kier molecular flexibility index (Phi) is 5.68. The Hall–Kier alpha value is -2.67. The van der Waals surface area contributed by atoms with Crippen molar-refractivity contribution in [3.8, 4) is 0 Å². The van der Waals surface area contributed by atoms with Crippen molar-refractivity contribution in [2.45, 2.75) is 25.7 Å². The van der Waals surface area contributed by atoms with Crippen LogP contribution in [0.25, 0.3) is 0 Å². The molecule has 1 aromatic carbocycles. The van der Waals surface area contributed by atoms with Crippen molar-refractivity contribution in [1.82, 2.24) is 0 Å². The van der Waals surface area contributed by atoms with Crippen molar-refractivity contribution >= 4 is 39.8 Å². The zero-order valence-electron chi connectivity index (χ0n) is 14.1. The lowest BCUT2D eigenvalue weighted by molar-refractivity contribution is -0.147. The molecule has 2 atom stereocenters. The lowest BCUT2D eigenvalue weighted by Gasteiger charge is -2.27. The minimum atomic E-state index is -0.932. The molecule has 0 unspecified atom stereocenters. The maximum atomic E-state index is 12.6. The standard InChI is InChI=1S/C19H20N2O4S/c22-16(13-8-4-5-9-14(13)19(24)25)21-18-15(10-11-26-18)17(23)20-12-6-2-1-3-7-12/h1-3,6-7,10-11,13-14H,4-5,8-9H2,(H,20,23)(H,21,22)(H,24,25)/t13-,14+/m0/s1. The molecule has 0 aliphatic heterocycles. The van der Waals surface area contributed by atoms with Gasteiger partial charge in [-0.3, -0.25) is 14.4 Å². The Bertz CT molecular complexity index is 803. The lowest BCUT2D eigenvalue weighted by Crippen LogP contribution is -2.36. The SMILES string of the molecule is O=C(Nc1ccccc1)c1ccsc1NC(=O)[C@H]1CCCC[C@H]1C(=O)O. The van der Waals surface area contributed by atoms with E-state index in [9.17, 15) is 19.5 Å². The highest BCUT2D eigenvalue weighted by Gasteiger charge is 2.36. The van der Waals surface area contributed by atoms with Gasteiger partial charge in [-0.15, -0.1) is 11.3 Å². The highest BCUT2D eigenvalue weighted by Crippen LogP contribution is 2.32. The highest BCUT2D eigenvalue weighted by molar-refractivity contribution is 7.14. The maximum absolute atomic E-state index is 12.6. The van der Waals surface area contributed by atoms with Gasteiger partial charge in [-0.1, -0.05) is 31.0 Å². The molecule has 0 bridgehead atoms. The van der Waals surface area contributed by atoms with E-state index in [1.807, 2.05) is 18.2 Å². The van der Waals surface area contributed by atoms with Gasteiger partial charge in [0.1, 0.15) is 5.00 Å². The number of carbonyl (C=O) groups is 3. The Morgan fingerprint density at radius 1 is 0.962 bits per heavy atom. The number of aliphatic carboxylic acids is 1. The molecular formula is C19H20N2O4S. The molecule has 2 aromatic rings. The predicted molar refractivity (Wildman–Crippen MR) is 100 cm³/mol. The van der Waals surface area contributed by atoms with Crippen LogP contribution in [-0.2, 0) is 9.59 Å². The van der Waals surface area contributed by atoms with Crippen molar-refractivity contribution in [2.24, 2.45) is 11.8 Å². The second-order valence-electron chi connectivity index (χ2n) is 6.31. The van der Waals surface area contributed by atoms with Crippen molar-refractivity contribution in [1.29, 1.82) is 0 Å². The van der Waals surface area contributed by atoms with Gasteiger partial charge >= 0.3 is 5.97 Å². The molecule has 26 heavy (non-hydrogen) atoms. The van der Waals surface area contributed by atoms with Gasteiger partial charge in [0.2, 0.25) is 5.91 Å². The molecule has 136 valence electrons. The molecule has 2 amide bonds. The number of benzene rings is 1. The van der Waals surface area contributed by atoms with Crippen LogP contribution in [0.1, 0.15) is 36.0 Å². The Labute approximate surface area is 155 Å². The number of hydrogen-bond acceptors (Lipinski definition) is 4. The summed E-state index contributed by atoms with van der Waals surface area (Å²) < 4.78 is 0. The van der Waals surface area contributed by atoms with Crippen molar-refractivity contribution in [3.63, 3.8) is 0 Å². The monoisotopic (exact) mass is 372 g/mol. The van der Waals surface area contributed by atoms with Gasteiger partial charge in [-0.05, 0) is 36.4 Å². The Balaban J connectivity index is 1.71. The smallest absolute Gasteiger partial charge is 0.307 e. The summed E-state index contributed by atoms with van der Waals surface area (Å²) in [5, 5.41) is 17.1. The molecule has 0 spiro atoms. The Morgan fingerprint density at radius 2 is 1.65 bits per heavy atom. The summed E-state index contributed by atoms with van der Waals surface area (Å²) in [4.78, 5) is 36.5. The summed E-state index contributed by atoms with van der Waals surface area (Å²) in [5.74, 6) is -2.80. The highest BCUT2D eigenvalue weighted by atomic mass is 32.1. The maximum Gasteiger partial charge on any atom is 0.307 e. The van der Waals surface area contributed by atoms with Gasteiger partial charge in [-0.2, -0.15) is 0 Å². The summed E-state index contributed by atoms with van der Waals surface area (Å²) >= 11 is 1.25.